The van der Waals surface area contributed by atoms with E-state index in [1.165, 1.54) is 5.69 Å². The van der Waals surface area contributed by atoms with Gasteiger partial charge in [-0.15, -0.1) is 0 Å². The summed E-state index contributed by atoms with van der Waals surface area (Å²) in [7, 11) is 0. The second kappa shape index (κ2) is 7.66. The van der Waals surface area contributed by atoms with Gasteiger partial charge in [-0.25, -0.2) is 9.50 Å². The zero-order valence-electron chi connectivity index (χ0n) is 16.1. The fourth-order valence-electron chi connectivity index (χ4n) is 3.85. The van der Waals surface area contributed by atoms with Crippen LogP contribution in [0.4, 0.5) is 5.69 Å². The lowest BCUT2D eigenvalue weighted by molar-refractivity contribution is 0.282. The zero-order chi connectivity index (χ0) is 19.6. The maximum Gasteiger partial charge on any atom is 0.162 e. The molecule has 146 valence electrons. The molecule has 0 radical (unpaired) electrons. The molecule has 1 saturated heterocycles. The van der Waals surface area contributed by atoms with E-state index in [1.54, 1.807) is 0 Å². The van der Waals surface area contributed by atoms with Gasteiger partial charge in [-0.3, -0.25) is 0 Å². The first-order valence-electron chi connectivity index (χ1n) is 9.91. The van der Waals surface area contributed by atoms with Crippen molar-refractivity contribution in [3.05, 3.63) is 72.7 Å². The van der Waals surface area contributed by atoms with E-state index in [9.17, 15) is 5.11 Å². The van der Waals surface area contributed by atoms with Crippen LogP contribution in [0.2, 0.25) is 0 Å². The summed E-state index contributed by atoms with van der Waals surface area (Å²) < 4.78 is 1.82. The second-order valence-electron chi connectivity index (χ2n) is 7.31. The first kappa shape index (κ1) is 17.8. The molecule has 6 nitrogen and oxygen atoms in total. The molecule has 0 amide bonds. The van der Waals surface area contributed by atoms with Crippen LogP contribution in [0.3, 0.4) is 0 Å². The minimum Gasteiger partial charge on any atom is -0.392 e. The van der Waals surface area contributed by atoms with Gasteiger partial charge in [0.25, 0.3) is 0 Å². The Hall–Kier alpha value is -3.22. The molecule has 0 saturated carbocycles. The number of aliphatic hydroxyl groups excluding tert-OH is 1. The summed E-state index contributed by atoms with van der Waals surface area (Å²) in [5.41, 5.74) is 7.06. The van der Waals surface area contributed by atoms with E-state index in [2.05, 4.69) is 44.6 Å². The minimum atomic E-state index is 0.0224. The number of hydrogen-bond acceptors (Lipinski definition) is 5. The lowest BCUT2D eigenvalue weighted by Crippen LogP contribution is -2.43. The fourth-order valence-corrected chi connectivity index (χ4v) is 3.85. The van der Waals surface area contributed by atoms with Crippen molar-refractivity contribution in [2.45, 2.75) is 6.61 Å². The van der Waals surface area contributed by atoms with Gasteiger partial charge in [-0.05, 0) is 34.9 Å². The van der Waals surface area contributed by atoms with Gasteiger partial charge in [-0.2, -0.15) is 5.10 Å². The van der Waals surface area contributed by atoms with Crippen LogP contribution in [0.25, 0.3) is 27.9 Å². The van der Waals surface area contributed by atoms with Crippen molar-refractivity contribution in [1.82, 2.24) is 19.9 Å². The van der Waals surface area contributed by atoms with Crippen molar-refractivity contribution in [3.8, 4) is 22.3 Å². The highest BCUT2D eigenvalue weighted by Crippen LogP contribution is 2.27. The molecule has 0 spiro atoms. The topological polar surface area (TPSA) is 65.7 Å². The van der Waals surface area contributed by atoms with Gasteiger partial charge in [0.05, 0.1) is 12.8 Å². The van der Waals surface area contributed by atoms with Crippen LogP contribution >= 0.6 is 0 Å². The second-order valence-corrected chi connectivity index (χ2v) is 7.31. The van der Waals surface area contributed by atoms with Crippen LogP contribution in [-0.2, 0) is 6.61 Å². The number of fused-ring (bicyclic) bond motifs is 1. The van der Waals surface area contributed by atoms with Gasteiger partial charge in [-0.1, -0.05) is 30.3 Å². The van der Waals surface area contributed by atoms with Crippen molar-refractivity contribution in [2.24, 2.45) is 0 Å². The van der Waals surface area contributed by atoms with Crippen molar-refractivity contribution in [2.75, 3.05) is 31.1 Å². The molecule has 6 heteroatoms. The van der Waals surface area contributed by atoms with Crippen LogP contribution in [0.15, 0.2) is 67.1 Å². The SMILES string of the molecule is OCc1cccc(-c2cnn3cc(-c4ccc(N5CCNCC5)cc4)cnc23)c1. The largest absolute Gasteiger partial charge is 0.392 e. The van der Waals surface area contributed by atoms with Crippen LogP contribution in [0.5, 0.6) is 0 Å². The van der Waals surface area contributed by atoms with E-state index < -0.39 is 0 Å². The summed E-state index contributed by atoms with van der Waals surface area (Å²) in [6.45, 7) is 4.17. The average Bonchev–Trinajstić information content (AvgIpc) is 3.23. The van der Waals surface area contributed by atoms with Crippen LogP contribution < -0.4 is 10.2 Å². The monoisotopic (exact) mass is 385 g/mol. The van der Waals surface area contributed by atoms with E-state index in [0.29, 0.717) is 0 Å². The Morgan fingerprint density at radius 3 is 2.55 bits per heavy atom. The minimum absolute atomic E-state index is 0.0224. The lowest BCUT2D eigenvalue weighted by Gasteiger charge is -2.29. The molecule has 0 aliphatic carbocycles. The van der Waals surface area contributed by atoms with Gasteiger partial charge >= 0.3 is 0 Å². The fraction of sp³-hybridized carbons (Fsp3) is 0.217. The maximum absolute atomic E-state index is 9.40. The third kappa shape index (κ3) is 3.48. The molecule has 2 aromatic heterocycles. The molecule has 4 aromatic rings. The zero-order valence-corrected chi connectivity index (χ0v) is 16.1. The number of aromatic nitrogens is 3. The summed E-state index contributed by atoms with van der Waals surface area (Å²) >= 11 is 0. The molecule has 0 unspecified atom stereocenters. The molecule has 1 aliphatic heterocycles. The quantitative estimate of drug-likeness (QED) is 0.565. The number of anilines is 1. The van der Waals surface area contributed by atoms with E-state index in [1.807, 2.05) is 47.4 Å². The van der Waals surface area contributed by atoms with Crippen LogP contribution in [0, 0.1) is 0 Å². The first-order chi connectivity index (χ1) is 14.3. The van der Waals surface area contributed by atoms with Crippen molar-refractivity contribution in [1.29, 1.82) is 0 Å². The molecule has 0 bridgehead atoms. The smallest absolute Gasteiger partial charge is 0.162 e. The number of aliphatic hydroxyl groups is 1. The summed E-state index contributed by atoms with van der Waals surface area (Å²) in [4.78, 5) is 7.09. The number of benzene rings is 2. The summed E-state index contributed by atoms with van der Waals surface area (Å²) in [5.74, 6) is 0. The molecule has 1 aliphatic rings. The van der Waals surface area contributed by atoms with Crippen molar-refractivity contribution >= 4 is 11.3 Å². The standard InChI is InChI=1S/C23H23N5O/c29-16-17-2-1-3-19(12-17)22-14-26-28-15-20(13-25-23(22)28)18-4-6-21(7-5-18)27-10-8-24-9-11-27/h1-7,12-15,24,29H,8-11,16H2. The molecule has 2 N–H and O–H groups in total. The predicted molar refractivity (Wildman–Crippen MR) is 115 cm³/mol. The molecule has 0 atom stereocenters. The predicted octanol–water partition coefficient (Wildman–Crippen LogP) is 2.97. The molecular weight excluding hydrogens is 362 g/mol. The highest BCUT2D eigenvalue weighted by atomic mass is 16.3. The first-order valence-corrected chi connectivity index (χ1v) is 9.91. The average molecular weight is 385 g/mol. The Labute approximate surface area is 169 Å². The molecule has 29 heavy (non-hydrogen) atoms. The normalized spacial score (nSPS) is 14.4. The van der Waals surface area contributed by atoms with Crippen LogP contribution in [0.1, 0.15) is 5.56 Å². The van der Waals surface area contributed by atoms with Gasteiger partial charge in [0.15, 0.2) is 5.65 Å². The van der Waals surface area contributed by atoms with Crippen molar-refractivity contribution < 1.29 is 5.11 Å². The molecule has 2 aromatic carbocycles. The Balaban J connectivity index is 1.44. The Bertz CT molecular complexity index is 1130. The molecular formula is C23H23N5O. The molecule has 3 heterocycles. The van der Waals surface area contributed by atoms with E-state index in [4.69, 9.17) is 0 Å². The third-order valence-corrected chi connectivity index (χ3v) is 5.46. The Morgan fingerprint density at radius 2 is 1.76 bits per heavy atom. The molecule has 1 fully saturated rings. The van der Waals surface area contributed by atoms with E-state index in [-0.39, 0.29) is 6.61 Å². The summed E-state index contributed by atoms with van der Waals surface area (Å²) in [6, 6.07) is 16.5. The van der Waals surface area contributed by atoms with Crippen LogP contribution in [-0.4, -0.2) is 45.9 Å². The number of piperazine rings is 1. The number of hydrogen-bond donors (Lipinski definition) is 2. The Kier molecular flexibility index (Phi) is 4.71. The highest BCUT2D eigenvalue weighted by Gasteiger charge is 2.12. The van der Waals surface area contributed by atoms with Gasteiger partial charge in [0.2, 0.25) is 0 Å². The van der Waals surface area contributed by atoms with Crippen molar-refractivity contribution in [3.63, 3.8) is 0 Å². The van der Waals surface area contributed by atoms with Gasteiger partial charge < -0.3 is 15.3 Å². The lowest BCUT2D eigenvalue weighted by atomic mass is 10.1. The van der Waals surface area contributed by atoms with Gasteiger partial charge in [0.1, 0.15) is 0 Å². The maximum atomic E-state index is 9.40. The van der Waals surface area contributed by atoms with E-state index in [0.717, 1.165) is 59.6 Å². The number of nitrogens with one attached hydrogen (secondary N) is 1. The third-order valence-electron chi connectivity index (χ3n) is 5.46. The number of rotatable bonds is 4. The van der Waals surface area contributed by atoms with E-state index >= 15 is 0 Å². The summed E-state index contributed by atoms with van der Waals surface area (Å²) in [6.07, 6.45) is 5.74. The van der Waals surface area contributed by atoms with Gasteiger partial charge in [0, 0.05) is 55.4 Å². The highest BCUT2D eigenvalue weighted by molar-refractivity contribution is 5.78. The summed E-state index contributed by atoms with van der Waals surface area (Å²) in [5, 5.41) is 17.3. The molecule has 5 rings (SSSR count). The number of nitrogens with zero attached hydrogens (tertiary/aromatic N) is 4. The Morgan fingerprint density at radius 1 is 0.931 bits per heavy atom.